The first-order chi connectivity index (χ1) is 17.5. The van der Waals surface area contributed by atoms with Gasteiger partial charge in [0.2, 0.25) is 0 Å². The average molecular weight is 649 g/mol. The van der Waals surface area contributed by atoms with Gasteiger partial charge in [0, 0.05) is 0 Å². The molecular formula is C29H17NO2Se3. The Morgan fingerprint density at radius 2 is 1.46 bits per heavy atom. The quantitative estimate of drug-likeness (QED) is 0.161. The molecular weight excluding hydrogens is 631 g/mol. The molecule has 7 rings (SSSR count). The first-order valence-corrected chi connectivity index (χ1v) is 16.2. The number of allylic oxidation sites excluding steroid dienone is 1. The van der Waals surface area contributed by atoms with Gasteiger partial charge in [-0.3, -0.25) is 0 Å². The van der Waals surface area contributed by atoms with E-state index in [9.17, 15) is 9.59 Å². The van der Waals surface area contributed by atoms with Gasteiger partial charge in [-0.05, 0) is 0 Å². The number of nitrogens with zero attached hydrogens (tertiary/aromatic N) is 1. The number of aryl methyl sites for hydroxylation is 1. The van der Waals surface area contributed by atoms with Gasteiger partial charge < -0.3 is 0 Å². The molecule has 35 heavy (non-hydrogen) atoms. The SMILES string of the molecule is [2H]/C(=C1/C(=O)c2cc3cc(C)[se]c3cc2C1=O)c1ccc(N2c3ccccc3[Se]c3ccccc32)[se]1. The van der Waals surface area contributed by atoms with Crippen molar-refractivity contribution in [3.8, 4) is 0 Å². The van der Waals surface area contributed by atoms with Crippen molar-refractivity contribution in [2.24, 2.45) is 0 Å². The molecule has 3 nitrogen and oxygen atoms in total. The Bertz CT molecular complexity index is 1690. The fraction of sp³-hybridized carbons (Fsp3) is 0.0345. The van der Waals surface area contributed by atoms with E-state index in [1.807, 2.05) is 18.2 Å². The van der Waals surface area contributed by atoms with Gasteiger partial charge in [-0.1, -0.05) is 0 Å². The molecule has 0 unspecified atom stereocenters. The zero-order chi connectivity index (χ0) is 24.6. The maximum absolute atomic E-state index is 13.3. The van der Waals surface area contributed by atoms with Gasteiger partial charge in [-0.2, -0.15) is 0 Å². The van der Waals surface area contributed by atoms with Crippen LogP contribution in [0.2, 0.25) is 0 Å². The fourth-order valence-corrected chi connectivity index (χ4v) is 10.8. The third-order valence-electron chi connectivity index (χ3n) is 6.22. The van der Waals surface area contributed by atoms with Gasteiger partial charge in [-0.25, -0.2) is 0 Å². The Hall–Kier alpha value is -2.68. The number of anilines is 3. The van der Waals surface area contributed by atoms with Gasteiger partial charge in [0.1, 0.15) is 0 Å². The van der Waals surface area contributed by atoms with Crippen molar-refractivity contribution in [1.29, 1.82) is 0 Å². The monoisotopic (exact) mass is 652 g/mol. The van der Waals surface area contributed by atoms with E-state index >= 15 is 0 Å². The number of carbonyl (C=O) groups excluding carboxylic acids is 2. The minimum atomic E-state index is -0.310. The Labute approximate surface area is 222 Å². The standard InChI is InChI=1S/C29H17NO2Se3/c1-16-12-17-13-19-20(15-26(17)33-16)29(32)21(28(19)31)14-18-10-11-27(34-18)30-22-6-2-4-8-24(22)35-25-9-5-3-7-23(25)30/h2-15H,1H3/b21-14+/i14D. The number of fused-ring (bicyclic) bond motifs is 4. The van der Waals surface area contributed by atoms with Crippen LogP contribution in [0.25, 0.3) is 15.7 Å². The van der Waals surface area contributed by atoms with Crippen LogP contribution in [0.5, 0.6) is 0 Å². The normalized spacial score (nSPS) is 16.3. The van der Waals surface area contributed by atoms with Gasteiger partial charge >= 0.3 is 223 Å². The topological polar surface area (TPSA) is 37.4 Å². The second-order valence-corrected chi connectivity index (χ2v) is 15.7. The molecule has 5 aromatic rings. The van der Waals surface area contributed by atoms with E-state index in [1.54, 1.807) is 0 Å². The first-order valence-electron chi connectivity index (χ1n) is 11.6. The molecule has 3 heterocycles. The zero-order valence-corrected chi connectivity index (χ0v) is 23.6. The Kier molecular flexibility index (Phi) is 4.79. The third-order valence-corrected chi connectivity index (χ3v) is 12.8. The van der Waals surface area contributed by atoms with Gasteiger partial charge in [0.15, 0.2) is 0 Å². The van der Waals surface area contributed by atoms with Crippen LogP contribution < -0.4 is 13.8 Å². The minimum absolute atomic E-state index is 0.0208. The summed E-state index contributed by atoms with van der Waals surface area (Å²) in [5.41, 5.74) is 3.29. The van der Waals surface area contributed by atoms with Crippen molar-refractivity contribution in [3.05, 3.63) is 104 Å². The third kappa shape index (κ3) is 3.45. The van der Waals surface area contributed by atoms with Gasteiger partial charge in [-0.15, -0.1) is 0 Å². The molecule has 0 N–H and O–H groups in total. The number of ketones is 2. The van der Waals surface area contributed by atoms with Crippen LogP contribution in [-0.2, 0) is 0 Å². The predicted molar refractivity (Wildman–Crippen MR) is 145 cm³/mol. The van der Waals surface area contributed by atoms with E-state index in [0.29, 0.717) is 11.1 Å². The molecule has 168 valence electrons. The number of hydrogen-bond acceptors (Lipinski definition) is 3. The summed E-state index contributed by atoms with van der Waals surface area (Å²) in [6, 6.07) is 26.9. The molecule has 0 spiro atoms. The molecule has 0 fully saturated rings. The summed E-state index contributed by atoms with van der Waals surface area (Å²) >= 11 is 0.218. The number of para-hydroxylation sites is 2. The van der Waals surface area contributed by atoms with E-state index < -0.39 is 0 Å². The van der Waals surface area contributed by atoms with E-state index in [4.69, 9.17) is 1.37 Å². The Morgan fingerprint density at radius 3 is 2.17 bits per heavy atom. The van der Waals surface area contributed by atoms with E-state index in [0.717, 1.165) is 18.6 Å². The molecule has 1 aliphatic carbocycles. The summed E-state index contributed by atoms with van der Waals surface area (Å²) in [6.07, 6.45) is 0. The molecule has 0 bridgehead atoms. The van der Waals surface area contributed by atoms with E-state index in [-0.39, 0.29) is 67.2 Å². The van der Waals surface area contributed by atoms with Crippen LogP contribution in [0.3, 0.4) is 0 Å². The van der Waals surface area contributed by atoms with Crippen LogP contribution in [0.15, 0.2) is 84.4 Å². The summed E-state index contributed by atoms with van der Waals surface area (Å²) < 4.78 is 15.9. The summed E-state index contributed by atoms with van der Waals surface area (Å²) in [4.78, 5) is 29.0. The fourth-order valence-electron chi connectivity index (χ4n) is 4.66. The average Bonchev–Trinajstić information content (AvgIpc) is 3.57. The molecule has 6 heteroatoms. The van der Waals surface area contributed by atoms with Crippen LogP contribution in [0.4, 0.5) is 15.9 Å². The number of Topliss-reactive ketones (excluding diaryl/α,β-unsaturated/α-hetero) is 2. The van der Waals surface area contributed by atoms with Crippen molar-refractivity contribution in [2.45, 2.75) is 6.92 Å². The van der Waals surface area contributed by atoms with Crippen LogP contribution >= 0.6 is 0 Å². The molecule has 0 saturated carbocycles. The van der Waals surface area contributed by atoms with Crippen LogP contribution in [0.1, 0.15) is 31.0 Å². The molecule has 3 aromatic carbocycles. The van der Waals surface area contributed by atoms with Crippen LogP contribution in [0, 0.1) is 6.92 Å². The Morgan fingerprint density at radius 1 is 0.800 bits per heavy atom. The number of benzene rings is 3. The van der Waals surface area contributed by atoms with Crippen molar-refractivity contribution in [1.82, 2.24) is 0 Å². The molecule has 0 amide bonds. The van der Waals surface area contributed by atoms with Gasteiger partial charge in [0.05, 0.1) is 0 Å². The Balaban J connectivity index is 1.32. The summed E-state index contributed by atoms with van der Waals surface area (Å²) in [6.45, 7) is 2.08. The second-order valence-electron chi connectivity index (χ2n) is 8.46. The van der Waals surface area contributed by atoms with Crippen molar-refractivity contribution >= 4 is 96.1 Å². The van der Waals surface area contributed by atoms with Crippen molar-refractivity contribution < 1.29 is 11.0 Å². The van der Waals surface area contributed by atoms with E-state index in [2.05, 4.69) is 72.5 Å². The summed E-state index contributed by atoms with van der Waals surface area (Å²) in [5, 5.41) is 1.04. The predicted octanol–water partition coefficient (Wildman–Crippen LogP) is 4.16. The summed E-state index contributed by atoms with van der Waals surface area (Å²) in [5.74, 6) is -0.612. The van der Waals surface area contributed by atoms with Crippen LogP contribution in [-0.4, -0.2) is 55.5 Å². The summed E-state index contributed by atoms with van der Waals surface area (Å²) in [7, 11) is 0. The van der Waals surface area contributed by atoms with Crippen molar-refractivity contribution in [2.75, 3.05) is 4.90 Å². The van der Waals surface area contributed by atoms with E-state index in [1.165, 1.54) is 24.7 Å². The molecule has 2 aliphatic rings. The molecule has 1 aliphatic heterocycles. The molecule has 0 atom stereocenters. The molecule has 2 aromatic heterocycles. The second kappa shape index (κ2) is 8.18. The number of rotatable bonds is 2. The first kappa shape index (κ1) is 20.5. The maximum atomic E-state index is 13.3. The van der Waals surface area contributed by atoms with Crippen molar-refractivity contribution in [3.63, 3.8) is 0 Å². The number of hydrogen-bond donors (Lipinski definition) is 0. The zero-order valence-electron chi connectivity index (χ0n) is 19.5. The number of carbonyl (C=O) groups is 2. The molecule has 0 saturated heterocycles. The molecule has 0 radical (unpaired) electrons. The van der Waals surface area contributed by atoms with Gasteiger partial charge in [0.25, 0.3) is 0 Å².